The highest BCUT2D eigenvalue weighted by molar-refractivity contribution is 5.81. The monoisotopic (exact) mass is 395 g/mol. The largest absolute Gasteiger partial charge is 0.337 e. The molecule has 0 aliphatic rings. The van der Waals surface area contributed by atoms with Gasteiger partial charge < -0.3 is 9.97 Å². The van der Waals surface area contributed by atoms with Crippen LogP contribution in [0.5, 0.6) is 0 Å². The minimum atomic E-state index is 0.776. The maximum atomic E-state index is 4.83. The van der Waals surface area contributed by atoms with Crippen LogP contribution < -0.4 is 0 Å². The number of H-pyrrole nitrogens is 2. The van der Waals surface area contributed by atoms with Crippen LogP contribution in [0.2, 0.25) is 0 Å². The highest BCUT2D eigenvalue weighted by Gasteiger charge is 2.11. The number of hydrogen-bond donors (Lipinski definition) is 2. The van der Waals surface area contributed by atoms with Gasteiger partial charge in [0.05, 0.1) is 22.1 Å². The third-order valence-electron chi connectivity index (χ3n) is 5.55. The molecule has 0 atom stereocenters. The Labute approximate surface area is 175 Å². The van der Waals surface area contributed by atoms with E-state index >= 15 is 0 Å². The van der Waals surface area contributed by atoms with Gasteiger partial charge in [-0.3, -0.25) is 0 Å². The lowest BCUT2D eigenvalue weighted by Crippen LogP contribution is -1.90. The average molecular weight is 396 g/mol. The van der Waals surface area contributed by atoms with Gasteiger partial charge in [0.1, 0.15) is 11.4 Å². The molecular weight excluding hydrogens is 370 g/mol. The molecule has 0 fully saturated rings. The average Bonchev–Trinajstić information content (AvgIpc) is 3.41. The number of aromatic amines is 2. The molecule has 2 aromatic carbocycles. The van der Waals surface area contributed by atoms with E-state index in [9.17, 15) is 0 Å². The van der Waals surface area contributed by atoms with Crippen LogP contribution in [0.15, 0.2) is 54.6 Å². The first-order valence-corrected chi connectivity index (χ1v) is 10.7. The number of fused-ring (bicyclic) bond motifs is 2. The highest BCUT2D eigenvalue weighted by Crippen LogP contribution is 2.24. The maximum absolute atomic E-state index is 4.83. The van der Waals surface area contributed by atoms with Gasteiger partial charge in [0.15, 0.2) is 11.6 Å². The fourth-order valence-electron chi connectivity index (χ4n) is 3.81. The maximum Gasteiger partial charge on any atom is 0.157 e. The highest BCUT2D eigenvalue weighted by atomic mass is 15.0. The lowest BCUT2D eigenvalue weighted by Gasteiger charge is -2.00. The second-order valence-electron chi connectivity index (χ2n) is 7.74. The SMILES string of the molecule is CCCCc1ccc2nc(-c3cccc(-c4nc5ccc(CC)cc5[nH]4)n3)[nH]c2c1. The smallest absolute Gasteiger partial charge is 0.157 e. The van der Waals surface area contributed by atoms with Gasteiger partial charge in [-0.05, 0) is 66.8 Å². The third kappa shape index (κ3) is 3.47. The Morgan fingerprint density at radius 3 is 1.90 bits per heavy atom. The van der Waals surface area contributed by atoms with Crippen molar-refractivity contribution >= 4 is 22.1 Å². The van der Waals surface area contributed by atoms with E-state index in [0.29, 0.717) is 0 Å². The summed E-state index contributed by atoms with van der Waals surface area (Å²) in [5, 5.41) is 0. The molecule has 0 spiro atoms. The van der Waals surface area contributed by atoms with Crippen LogP contribution in [0.4, 0.5) is 0 Å². The van der Waals surface area contributed by atoms with Crippen LogP contribution in [0.25, 0.3) is 45.1 Å². The second-order valence-corrected chi connectivity index (χ2v) is 7.74. The number of aromatic nitrogens is 5. The Kier molecular flexibility index (Phi) is 4.79. The minimum absolute atomic E-state index is 0.776. The molecule has 0 saturated heterocycles. The molecule has 30 heavy (non-hydrogen) atoms. The van der Waals surface area contributed by atoms with Gasteiger partial charge in [-0.1, -0.05) is 38.5 Å². The Balaban J connectivity index is 1.50. The van der Waals surface area contributed by atoms with Crippen LogP contribution in [-0.2, 0) is 12.8 Å². The molecule has 0 radical (unpaired) electrons. The van der Waals surface area contributed by atoms with Crippen LogP contribution in [-0.4, -0.2) is 24.9 Å². The lowest BCUT2D eigenvalue weighted by atomic mass is 10.1. The molecule has 3 heterocycles. The normalized spacial score (nSPS) is 11.5. The topological polar surface area (TPSA) is 70.2 Å². The molecule has 0 aliphatic heterocycles. The molecular formula is C25H25N5. The van der Waals surface area contributed by atoms with Crippen molar-refractivity contribution < 1.29 is 0 Å². The van der Waals surface area contributed by atoms with Gasteiger partial charge in [0, 0.05) is 0 Å². The first-order chi connectivity index (χ1) is 14.7. The minimum Gasteiger partial charge on any atom is -0.337 e. The second kappa shape index (κ2) is 7.75. The zero-order valence-electron chi connectivity index (χ0n) is 17.4. The molecule has 0 unspecified atom stereocenters. The van der Waals surface area contributed by atoms with E-state index in [1.54, 1.807) is 0 Å². The number of aryl methyl sites for hydroxylation is 2. The summed E-state index contributed by atoms with van der Waals surface area (Å²) in [6.07, 6.45) is 4.50. The fraction of sp³-hybridized carbons (Fsp3) is 0.240. The Hall–Kier alpha value is -3.47. The number of benzene rings is 2. The van der Waals surface area contributed by atoms with E-state index in [4.69, 9.17) is 15.0 Å². The molecule has 0 aliphatic carbocycles. The number of pyridine rings is 1. The van der Waals surface area contributed by atoms with Crippen LogP contribution in [0.3, 0.4) is 0 Å². The molecule has 0 amide bonds. The zero-order chi connectivity index (χ0) is 20.5. The van der Waals surface area contributed by atoms with Crippen molar-refractivity contribution in [2.75, 3.05) is 0 Å². The summed E-state index contributed by atoms with van der Waals surface area (Å²) in [5.41, 5.74) is 8.28. The quantitative estimate of drug-likeness (QED) is 0.366. The van der Waals surface area contributed by atoms with Crippen molar-refractivity contribution in [1.82, 2.24) is 24.9 Å². The van der Waals surface area contributed by atoms with Crippen molar-refractivity contribution in [3.05, 3.63) is 65.7 Å². The number of imidazole rings is 2. The Morgan fingerprint density at radius 1 is 0.700 bits per heavy atom. The molecule has 0 saturated carbocycles. The van der Waals surface area contributed by atoms with Gasteiger partial charge >= 0.3 is 0 Å². The van der Waals surface area contributed by atoms with Gasteiger partial charge in [0.2, 0.25) is 0 Å². The van der Waals surface area contributed by atoms with Crippen molar-refractivity contribution in [3.8, 4) is 23.0 Å². The van der Waals surface area contributed by atoms with Crippen molar-refractivity contribution in [3.63, 3.8) is 0 Å². The first kappa shape index (κ1) is 18.6. The molecule has 150 valence electrons. The van der Waals surface area contributed by atoms with E-state index in [1.807, 2.05) is 18.2 Å². The van der Waals surface area contributed by atoms with Gasteiger partial charge in [-0.15, -0.1) is 0 Å². The van der Waals surface area contributed by atoms with E-state index in [1.165, 1.54) is 24.0 Å². The van der Waals surface area contributed by atoms with E-state index in [2.05, 4.69) is 60.2 Å². The standard InChI is InChI=1S/C25H25N5/c1-3-5-7-17-11-13-19-23(15-17)30-25(28-19)21-9-6-8-20(26-21)24-27-18-12-10-16(4-2)14-22(18)29-24/h6,8-15H,3-5,7H2,1-2H3,(H,27,29)(H,28,30). The van der Waals surface area contributed by atoms with Crippen LogP contribution in [0, 0.1) is 0 Å². The number of rotatable bonds is 6. The van der Waals surface area contributed by atoms with Crippen molar-refractivity contribution in [1.29, 1.82) is 0 Å². The van der Waals surface area contributed by atoms with E-state index < -0.39 is 0 Å². The third-order valence-corrected chi connectivity index (χ3v) is 5.55. The number of nitrogens with one attached hydrogen (secondary N) is 2. The summed E-state index contributed by atoms with van der Waals surface area (Å²) in [6.45, 7) is 4.37. The summed E-state index contributed by atoms with van der Waals surface area (Å²) in [5.74, 6) is 1.56. The molecule has 5 aromatic rings. The summed E-state index contributed by atoms with van der Waals surface area (Å²) in [6, 6.07) is 18.8. The summed E-state index contributed by atoms with van der Waals surface area (Å²) in [7, 11) is 0. The summed E-state index contributed by atoms with van der Waals surface area (Å²) < 4.78 is 0. The van der Waals surface area contributed by atoms with Gasteiger partial charge in [-0.2, -0.15) is 0 Å². The Morgan fingerprint density at radius 2 is 1.30 bits per heavy atom. The first-order valence-electron chi connectivity index (χ1n) is 10.7. The predicted octanol–water partition coefficient (Wildman–Crippen LogP) is 6.07. The molecule has 5 rings (SSSR count). The number of nitrogens with zero attached hydrogens (tertiary/aromatic N) is 3. The number of hydrogen-bond acceptors (Lipinski definition) is 3. The molecule has 5 nitrogen and oxygen atoms in total. The zero-order valence-corrected chi connectivity index (χ0v) is 17.4. The van der Waals surface area contributed by atoms with Crippen LogP contribution in [0.1, 0.15) is 37.8 Å². The number of unbranched alkanes of at least 4 members (excludes halogenated alkanes) is 1. The predicted molar refractivity (Wildman–Crippen MR) is 122 cm³/mol. The summed E-state index contributed by atoms with van der Waals surface area (Å²) in [4.78, 5) is 21.2. The fourth-order valence-corrected chi connectivity index (χ4v) is 3.81. The molecule has 3 aromatic heterocycles. The molecule has 5 heteroatoms. The van der Waals surface area contributed by atoms with Crippen molar-refractivity contribution in [2.24, 2.45) is 0 Å². The van der Waals surface area contributed by atoms with Gasteiger partial charge in [0.25, 0.3) is 0 Å². The van der Waals surface area contributed by atoms with Gasteiger partial charge in [-0.25, -0.2) is 15.0 Å². The van der Waals surface area contributed by atoms with E-state index in [0.717, 1.165) is 57.9 Å². The van der Waals surface area contributed by atoms with Crippen molar-refractivity contribution in [2.45, 2.75) is 39.5 Å². The molecule has 0 bridgehead atoms. The molecule has 2 N–H and O–H groups in total. The van der Waals surface area contributed by atoms with Crippen LogP contribution >= 0.6 is 0 Å². The van der Waals surface area contributed by atoms with E-state index in [-0.39, 0.29) is 0 Å². The lowest BCUT2D eigenvalue weighted by molar-refractivity contribution is 0.796. The summed E-state index contributed by atoms with van der Waals surface area (Å²) >= 11 is 0. The Bertz CT molecular complexity index is 1330.